The van der Waals surface area contributed by atoms with Crippen molar-refractivity contribution in [2.45, 2.75) is 43.0 Å². The van der Waals surface area contributed by atoms with Crippen molar-refractivity contribution in [3.8, 4) is 34.0 Å². The Bertz CT molecular complexity index is 1570. The number of hydrogen-bond acceptors (Lipinski definition) is 5. The van der Waals surface area contributed by atoms with E-state index >= 15 is 0 Å². The fourth-order valence-electron chi connectivity index (χ4n) is 5.48. The van der Waals surface area contributed by atoms with Crippen LogP contribution in [0.3, 0.4) is 0 Å². The van der Waals surface area contributed by atoms with E-state index in [0.717, 1.165) is 58.8 Å². The molecule has 3 aromatic carbocycles. The van der Waals surface area contributed by atoms with E-state index < -0.39 is 0 Å². The van der Waals surface area contributed by atoms with Crippen LogP contribution >= 0.6 is 11.8 Å². The number of imidazole rings is 1. The zero-order chi connectivity index (χ0) is 26.9. The fraction of sp³-hybridized carbons (Fsp3) is 0.250. The van der Waals surface area contributed by atoms with Gasteiger partial charge in [-0.1, -0.05) is 30.0 Å². The number of carbonyl (C=O) groups excluding carboxylic acids is 1. The summed E-state index contributed by atoms with van der Waals surface area (Å²) < 4.78 is 12.7. The molecule has 1 atom stereocenters. The van der Waals surface area contributed by atoms with E-state index in [1.54, 1.807) is 14.2 Å². The summed E-state index contributed by atoms with van der Waals surface area (Å²) in [4.78, 5) is 22.4. The molecule has 39 heavy (non-hydrogen) atoms. The maximum Gasteiger partial charge on any atom is 0.244 e. The zero-order valence-electron chi connectivity index (χ0n) is 22.4. The van der Waals surface area contributed by atoms with E-state index in [1.807, 2.05) is 66.1 Å². The van der Waals surface area contributed by atoms with E-state index in [0.29, 0.717) is 5.16 Å². The number of fused-ring (bicyclic) bond motifs is 3. The maximum atomic E-state index is 13.9. The van der Waals surface area contributed by atoms with Gasteiger partial charge in [0.1, 0.15) is 11.5 Å². The minimum absolute atomic E-state index is 0.0905. The van der Waals surface area contributed by atoms with Gasteiger partial charge < -0.3 is 14.5 Å². The van der Waals surface area contributed by atoms with Gasteiger partial charge in [0, 0.05) is 22.2 Å². The number of hydrogen-bond donors (Lipinski definition) is 1. The number of carbonyl (C=O) groups is 1. The summed E-state index contributed by atoms with van der Waals surface area (Å²) in [5.74, 6) is 1.67. The van der Waals surface area contributed by atoms with Crippen molar-refractivity contribution in [3.63, 3.8) is 0 Å². The highest BCUT2D eigenvalue weighted by atomic mass is 32.2. The smallest absolute Gasteiger partial charge is 0.244 e. The molecule has 0 saturated heterocycles. The Morgan fingerprint density at radius 1 is 0.897 bits per heavy atom. The molecule has 2 heterocycles. The molecule has 1 aliphatic rings. The van der Waals surface area contributed by atoms with Crippen LogP contribution in [0.5, 0.6) is 11.5 Å². The molecule has 6 rings (SSSR count). The molecule has 0 fully saturated rings. The van der Waals surface area contributed by atoms with Gasteiger partial charge in [0.05, 0.1) is 36.4 Å². The average molecular weight is 538 g/mol. The van der Waals surface area contributed by atoms with Crippen LogP contribution < -0.4 is 9.47 Å². The van der Waals surface area contributed by atoms with Crippen LogP contribution in [0, 0.1) is 0 Å². The second kappa shape index (κ2) is 10.7. The largest absolute Gasteiger partial charge is 0.497 e. The predicted molar refractivity (Wildman–Crippen MR) is 157 cm³/mol. The Kier molecular flexibility index (Phi) is 6.92. The highest BCUT2D eigenvalue weighted by Gasteiger charge is 2.27. The molecule has 1 unspecified atom stereocenters. The van der Waals surface area contributed by atoms with E-state index in [-0.39, 0.29) is 11.2 Å². The summed E-state index contributed by atoms with van der Waals surface area (Å²) in [6.45, 7) is 1.97. The summed E-state index contributed by atoms with van der Waals surface area (Å²) in [6.07, 6.45) is 4.27. The van der Waals surface area contributed by atoms with Crippen molar-refractivity contribution >= 4 is 28.6 Å². The van der Waals surface area contributed by atoms with Crippen molar-refractivity contribution in [2.75, 3.05) is 14.2 Å². The number of aromatic amines is 1. The Morgan fingerprint density at radius 3 is 2.23 bits per heavy atom. The minimum atomic E-state index is -0.328. The third kappa shape index (κ3) is 4.72. The van der Waals surface area contributed by atoms with Gasteiger partial charge in [-0.2, -0.15) is 0 Å². The lowest BCUT2D eigenvalue weighted by molar-refractivity contribution is 0.0917. The molecule has 1 aliphatic carbocycles. The standard InChI is InChI=1S/C32H31N3O3S/c1-20(31(36)35-27-10-6-4-8-25(27)26-9-5-7-11-28(26)35)39-32-33-29(21-12-16-23(37-2)17-13-21)30(34-32)22-14-18-24(38-3)19-15-22/h4,6,8,10,12-20H,5,7,9,11H2,1-3H3,(H,33,34). The Labute approximate surface area is 232 Å². The number of nitrogens with zero attached hydrogens (tertiary/aromatic N) is 2. The minimum Gasteiger partial charge on any atom is -0.497 e. The van der Waals surface area contributed by atoms with Gasteiger partial charge in [-0.3, -0.25) is 9.36 Å². The first-order valence-electron chi connectivity index (χ1n) is 13.3. The molecule has 2 aromatic heterocycles. The van der Waals surface area contributed by atoms with Crippen LogP contribution in [0.25, 0.3) is 33.4 Å². The number of aryl methyl sites for hydroxylation is 1. The van der Waals surface area contributed by atoms with E-state index in [4.69, 9.17) is 14.5 Å². The van der Waals surface area contributed by atoms with Crippen molar-refractivity contribution in [1.29, 1.82) is 0 Å². The van der Waals surface area contributed by atoms with Gasteiger partial charge in [-0.15, -0.1) is 0 Å². The number of nitrogens with one attached hydrogen (secondary N) is 1. The summed E-state index contributed by atoms with van der Waals surface area (Å²) >= 11 is 1.46. The van der Waals surface area contributed by atoms with Gasteiger partial charge in [-0.05, 0) is 92.8 Å². The number of ether oxygens (including phenoxy) is 2. The quantitative estimate of drug-likeness (QED) is 0.219. The number of para-hydroxylation sites is 1. The number of rotatable bonds is 7. The second-order valence-corrected chi connectivity index (χ2v) is 11.1. The third-order valence-electron chi connectivity index (χ3n) is 7.46. The third-order valence-corrected chi connectivity index (χ3v) is 8.43. The normalized spacial score (nSPS) is 13.7. The van der Waals surface area contributed by atoms with Crippen LogP contribution in [0.2, 0.25) is 0 Å². The molecule has 198 valence electrons. The summed E-state index contributed by atoms with van der Waals surface area (Å²) in [6, 6.07) is 24.1. The highest BCUT2D eigenvalue weighted by molar-refractivity contribution is 8.00. The second-order valence-electron chi connectivity index (χ2n) is 9.81. The highest BCUT2D eigenvalue weighted by Crippen LogP contribution is 2.37. The Balaban J connectivity index is 1.36. The van der Waals surface area contributed by atoms with E-state index in [9.17, 15) is 4.79 Å². The van der Waals surface area contributed by atoms with Crippen LogP contribution in [0.4, 0.5) is 0 Å². The lowest BCUT2D eigenvalue weighted by atomic mass is 9.95. The monoisotopic (exact) mass is 537 g/mol. The number of benzene rings is 3. The lowest BCUT2D eigenvalue weighted by Gasteiger charge is -2.17. The van der Waals surface area contributed by atoms with Crippen LogP contribution in [-0.4, -0.2) is 39.9 Å². The molecule has 0 aliphatic heterocycles. The van der Waals surface area contributed by atoms with Gasteiger partial charge in [0.2, 0.25) is 5.91 Å². The zero-order valence-corrected chi connectivity index (χ0v) is 23.2. The molecule has 0 amide bonds. The molecule has 0 radical (unpaired) electrons. The fourth-order valence-corrected chi connectivity index (χ4v) is 6.32. The van der Waals surface area contributed by atoms with Gasteiger partial charge in [-0.25, -0.2) is 4.98 Å². The SMILES string of the molecule is COc1ccc(-c2nc(SC(C)C(=O)n3c4c(c5ccccc53)CCCC4)[nH]c2-c2ccc(OC)cc2)cc1. The molecule has 0 bridgehead atoms. The van der Waals surface area contributed by atoms with Gasteiger partial charge in [0.15, 0.2) is 5.16 Å². The molecule has 0 saturated carbocycles. The lowest BCUT2D eigenvalue weighted by Crippen LogP contribution is -2.24. The topological polar surface area (TPSA) is 69.1 Å². The average Bonchev–Trinajstić information content (AvgIpc) is 3.56. The number of thioether (sulfide) groups is 1. The first-order valence-corrected chi connectivity index (χ1v) is 14.2. The maximum absolute atomic E-state index is 13.9. The van der Waals surface area contributed by atoms with Crippen molar-refractivity contribution in [2.24, 2.45) is 0 Å². The molecular formula is C32H31N3O3S. The first-order chi connectivity index (χ1) is 19.1. The molecule has 5 aromatic rings. The molecular weight excluding hydrogens is 506 g/mol. The van der Waals surface area contributed by atoms with E-state index in [2.05, 4.69) is 23.2 Å². The Morgan fingerprint density at radius 2 is 1.54 bits per heavy atom. The predicted octanol–water partition coefficient (Wildman–Crippen LogP) is 7.42. The molecule has 1 N–H and O–H groups in total. The number of aromatic nitrogens is 3. The molecule has 6 nitrogen and oxygen atoms in total. The van der Waals surface area contributed by atoms with Gasteiger partial charge in [0.25, 0.3) is 0 Å². The van der Waals surface area contributed by atoms with Crippen molar-refractivity contribution < 1.29 is 14.3 Å². The van der Waals surface area contributed by atoms with Crippen molar-refractivity contribution in [1.82, 2.24) is 14.5 Å². The first kappa shape index (κ1) is 25.3. The molecule has 7 heteroatoms. The van der Waals surface area contributed by atoms with E-state index in [1.165, 1.54) is 34.8 Å². The summed E-state index contributed by atoms with van der Waals surface area (Å²) in [5, 5.41) is 1.59. The van der Waals surface area contributed by atoms with Gasteiger partial charge >= 0.3 is 0 Å². The van der Waals surface area contributed by atoms with Crippen LogP contribution in [0.1, 0.15) is 35.8 Å². The number of H-pyrrole nitrogens is 1. The van der Waals surface area contributed by atoms with Crippen molar-refractivity contribution in [3.05, 3.63) is 84.1 Å². The van der Waals surface area contributed by atoms with Crippen LogP contribution in [0.15, 0.2) is 78.0 Å². The number of methoxy groups -OCH3 is 2. The molecule has 0 spiro atoms. The Hall–Kier alpha value is -3.97. The summed E-state index contributed by atoms with van der Waals surface area (Å²) in [5.41, 5.74) is 7.21. The van der Waals surface area contributed by atoms with Crippen LogP contribution in [-0.2, 0) is 12.8 Å². The summed E-state index contributed by atoms with van der Waals surface area (Å²) in [7, 11) is 3.32.